The predicted octanol–water partition coefficient (Wildman–Crippen LogP) is 0.253. The summed E-state index contributed by atoms with van der Waals surface area (Å²) in [7, 11) is 3.56. The lowest BCUT2D eigenvalue weighted by atomic mass is 10.1. The molecule has 1 heterocycles. The van der Waals surface area contributed by atoms with Crippen LogP contribution in [0.1, 0.15) is 5.56 Å². The average Bonchev–Trinajstić information content (AvgIpc) is 2.41. The number of hydrogen-bond acceptors (Lipinski definition) is 3. The van der Waals surface area contributed by atoms with E-state index in [0.29, 0.717) is 0 Å². The minimum absolute atomic E-state index is 0.0276. The number of hydrogen-bond donors (Lipinski definition) is 1. The van der Waals surface area contributed by atoms with E-state index >= 15 is 0 Å². The number of amides is 2. The Balaban J connectivity index is 2.16. The monoisotopic (exact) mass is 261 g/mol. The van der Waals surface area contributed by atoms with Crippen molar-refractivity contribution in [2.24, 2.45) is 0 Å². The van der Waals surface area contributed by atoms with E-state index in [1.807, 2.05) is 31.3 Å². The van der Waals surface area contributed by atoms with Crippen molar-refractivity contribution in [1.29, 1.82) is 0 Å². The Labute approximate surface area is 113 Å². The number of anilines is 1. The van der Waals surface area contributed by atoms with Crippen LogP contribution in [0, 0.1) is 0 Å². The summed E-state index contributed by atoms with van der Waals surface area (Å²) < 4.78 is 0. The number of rotatable bonds is 4. The third-order valence-corrected chi connectivity index (χ3v) is 3.28. The fourth-order valence-electron chi connectivity index (χ4n) is 2.11. The highest BCUT2D eigenvalue weighted by atomic mass is 16.2. The van der Waals surface area contributed by atoms with Crippen LogP contribution in [0.25, 0.3) is 0 Å². The molecule has 1 aliphatic rings. The van der Waals surface area contributed by atoms with Gasteiger partial charge in [0, 0.05) is 12.7 Å². The van der Waals surface area contributed by atoms with Gasteiger partial charge in [-0.1, -0.05) is 12.1 Å². The molecule has 102 valence electrons. The van der Waals surface area contributed by atoms with Crippen molar-refractivity contribution < 1.29 is 9.59 Å². The van der Waals surface area contributed by atoms with Gasteiger partial charge in [0.25, 0.3) is 0 Å². The molecule has 2 rings (SSSR count). The predicted molar refractivity (Wildman–Crippen MR) is 74.1 cm³/mol. The number of piperazine rings is 1. The molecule has 1 fully saturated rings. The lowest BCUT2D eigenvalue weighted by Gasteiger charge is -2.31. The molecule has 0 atom stereocenters. The van der Waals surface area contributed by atoms with Gasteiger partial charge in [-0.2, -0.15) is 0 Å². The van der Waals surface area contributed by atoms with Crippen LogP contribution in [0.5, 0.6) is 0 Å². The van der Waals surface area contributed by atoms with E-state index in [4.69, 9.17) is 0 Å². The fraction of sp³-hybridized carbons (Fsp3) is 0.429. The number of benzene rings is 1. The van der Waals surface area contributed by atoms with E-state index in [1.165, 1.54) is 4.90 Å². The Bertz CT molecular complexity index is 487. The molecule has 0 unspecified atom stereocenters. The van der Waals surface area contributed by atoms with E-state index in [-0.39, 0.29) is 24.9 Å². The van der Waals surface area contributed by atoms with Crippen LogP contribution < -0.4 is 10.2 Å². The molecule has 1 saturated heterocycles. The topological polar surface area (TPSA) is 52.7 Å². The molecule has 0 aliphatic carbocycles. The zero-order chi connectivity index (χ0) is 13.8. The lowest BCUT2D eigenvalue weighted by molar-refractivity contribution is -0.136. The third-order valence-electron chi connectivity index (χ3n) is 3.28. The van der Waals surface area contributed by atoms with Crippen LogP contribution in [0.3, 0.4) is 0 Å². The van der Waals surface area contributed by atoms with Gasteiger partial charge >= 0.3 is 0 Å². The number of carbonyl (C=O) groups excluding carboxylic acids is 2. The van der Waals surface area contributed by atoms with Crippen molar-refractivity contribution in [3.63, 3.8) is 0 Å². The first-order valence-electron chi connectivity index (χ1n) is 6.39. The first kappa shape index (κ1) is 13.5. The Hall–Kier alpha value is -1.88. The van der Waals surface area contributed by atoms with Crippen LogP contribution in [0.2, 0.25) is 0 Å². The summed E-state index contributed by atoms with van der Waals surface area (Å²) in [4.78, 5) is 26.7. The second kappa shape index (κ2) is 5.84. The van der Waals surface area contributed by atoms with Gasteiger partial charge in [-0.15, -0.1) is 0 Å². The highest BCUT2D eigenvalue weighted by Crippen LogP contribution is 2.19. The van der Waals surface area contributed by atoms with Crippen LogP contribution in [0.15, 0.2) is 24.3 Å². The summed E-state index contributed by atoms with van der Waals surface area (Å²) in [5, 5.41) is 3.10. The van der Waals surface area contributed by atoms with Crippen molar-refractivity contribution in [3.8, 4) is 0 Å². The molecule has 0 saturated carbocycles. The minimum Gasteiger partial charge on any atom is -0.335 e. The fourth-order valence-corrected chi connectivity index (χ4v) is 2.11. The highest BCUT2D eigenvalue weighted by molar-refractivity contribution is 6.04. The molecular weight excluding hydrogens is 242 g/mol. The van der Waals surface area contributed by atoms with Gasteiger partial charge in [-0.3, -0.25) is 9.59 Å². The van der Waals surface area contributed by atoms with E-state index < -0.39 is 0 Å². The maximum Gasteiger partial charge on any atom is 0.247 e. The standard InChI is InChI=1S/C14H19N3O2/c1-15-7-6-11-4-3-5-12(8-11)17-10-13(18)16(2)9-14(17)19/h3-5,8,15H,6-7,9-10H2,1-2H3. The first-order valence-corrected chi connectivity index (χ1v) is 6.39. The molecular formula is C14H19N3O2. The molecule has 2 amide bonds. The summed E-state index contributed by atoms with van der Waals surface area (Å²) in [6.07, 6.45) is 0.903. The van der Waals surface area contributed by atoms with Crippen LogP contribution in [0.4, 0.5) is 5.69 Å². The Morgan fingerprint density at radius 2 is 2.00 bits per heavy atom. The molecule has 0 bridgehead atoms. The summed E-state index contributed by atoms with van der Waals surface area (Å²) in [6, 6.07) is 7.81. The second-order valence-electron chi connectivity index (χ2n) is 4.75. The lowest BCUT2D eigenvalue weighted by Crippen LogP contribution is -2.52. The number of nitrogens with zero attached hydrogens (tertiary/aromatic N) is 2. The Morgan fingerprint density at radius 3 is 2.74 bits per heavy atom. The highest BCUT2D eigenvalue weighted by Gasteiger charge is 2.28. The molecule has 1 aromatic rings. The molecule has 19 heavy (non-hydrogen) atoms. The number of carbonyl (C=O) groups is 2. The van der Waals surface area contributed by atoms with Gasteiger partial charge in [-0.05, 0) is 37.7 Å². The van der Waals surface area contributed by atoms with E-state index in [2.05, 4.69) is 5.32 Å². The van der Waals surface area contributed by atoms with Gasteiger partial charge in [0.15, 0.2) is 0 Å². The van der Waals surface area contributed by atoms with Crippen molar-refractivity contribution >= 4 is 17.5 Å². The summed E-state index contributed by atoms with van der Waals surface area (Å²) in [5.41, 5.74) is 1.96. The maximum absolute atomic E-state index is 12.0. The van der Waals surface area contributed by atoms with Crippen LogP contribution in [-0.2, 0) is 16.0 Å². The zero-order valence-corrected chi connectivity index (χ0v) is 11.3. The molecule has 0 spiro atoms. The SMILES string of the molecule is CNCCc1cccc(N2CC(=O)N(C)CC2=O)c1. The quantitative estimate of drug-likeness (QED) is 0.845. The van der Waals surface area contributed by atoms with Crippen molar-refractivity contribution in [2.75, 3.05) is 38.6 Å². The van der Waals surface area contributed by atoms with E-state index in [9.17, 15) is 9.59 Å². The second-order valence-corrected chi connectivity index (χ2v) is 4.75. The van der Waals surface area contributed by atoms with Crippen molar-refractivity contribution in [3.05, 3.63) is 29.8 Å². The van der Waals surface area contributed by atoms with Gasteiger partial charge in [0.05, 0.1) is 6.54 Å². The summed E-state index contributed by atoms with van der Waals surface area (Å²) in [5.74, 6) is -0.0619. The molecule has 1 aromatic carbocycles. The molecule has 0 aromatic heterocycles. The number of likely N-dealkylation sites (N-methyl/N-ethyl adjacent to an activating group) is 2. The third kappa shape index (κ3) is 3.12. The Kier molecular flexibility index (Phi) is 4.16. The average molecular weight is 261 g/mol. The van der Waals surface area contributed by atoms with Gasteiger partial charge in [0.1, 0.15) is 6.54 Å². The largest absolute Gasteiger partial charge is 0.335 e. The summed E-state index contributed by atoms with van der Waals surface area (Å²) in [6.45, 7) is 1.17. The molecule has 5 nitrogen and oxygen atoms in total. The Morgan fingerprint density at radius 1 is 1.21 bits per heavy atom. The van der Waals surface area contributed by atoms with Crippen LogP contribution in [-0.4, -0.2) is 50.4 Å². The molecule has 0 radical (unpaired) electrons. The first-order chi connectivity index (χ1) is 9.11. The van der Waals surface area contributed by atoms with E-state index in [0.717, 1.165) is 24.2 Å². The van der Waals surface area contributed by atoms with Crippen molar-refractivity contribution in [2.45, 2.75) is 6.42 Å². The molecule has 1 aliphatic heterocycles. The normalized spacial score (nSPS) is 16.1. The minimum atomic E-state index is -0.0344. The van der Waals surface area contributed by atoms with Crippen molar-refractivity contribution in [1.82, 2.24) is 10.2 Å². The smallest absolute Gasteiger partial charge is 0.247 e. The van der Waals surface area contributed by atoms with Gasteiger partial charge < -0.3 is 15.1 Å². The van der Waals surface area contributed by atoms with E-state index in [1.54, 1.807) is 11.9 Å². The van der Waals surface area contributed by atoms with Gasteiger partial charge in [-0.25, -0.2) is 0 Å². The van der Waals surface area contributed by atoms with Crippen LogP contribution >= 0.6 is 0 Å². The number of nitrogens with one attached hydrogen (secondary N) is 1. The molecule has 1 N–H and O–H groups in total. The maximum atomic E-state index is 12.0. The summed E-state index contributed by atoms with van der Waals surface area (Å²) >= 11 is 0. The van der Waals surface area contributed by atoms with Gasteiger partial charge in [0.2, 0.25) is 11.8 Å². The zero-order valence-electron chi connectivity index (χ0n) is 11.3. The molecule has 5 heteroatoms.